The van der Waals surface area contributed by atoms with Crippen LogP contribution in [0.15, 0.2) is 72.8 Å². The number of allylic oxidation sites excluding steroid dienone is 1. The molecule has 0 aliphatic carbocycles. The number of rotatable bonds is 2. The Morgan fingerprint density at radius 1 is 0.929 bits per heavy atom. The number of imidazole rings is 1. The van der Waals surface area contributed by atoms with Crippen molar-refractivity contribution in [1.29, 1.82) is 0 Å². The summed E-state index contributed by atoms with van der Waals surface area (Å²) in [5, 5.41) is 3.46. The van der Waals surface area contributed by atoms with Crippen molar-refractivity contribution in [2.75, 3.05) is 5.32 Å². The Bertz CT molecular complexity index is 1240. The van der Waals surface area contributed by atoms with Crippen LogP contribution in [0.4, 0.5) is 10.3 Å². The molecule has 1 aliphatic rings. The molecule has 28 heavy (non-hydrogen) atoms. The third kappa shape index (κ3) is 2.61. The van der Waals surface area contributed by atoms with Gasteiger partial charge in [0.15, 0.2) is 0 Å². The molecule has 4 aromatic rings. The first-order valence-electron chi connectivity index (χ1n) is 9.40. The number of fused-ring (bicyclic) bond motifs is 3. The Balaban J connectivity index is 1.74. The minimum atomic E-state index is -0.276. The summed E-state index contributed by atoms with van der Waals surface area (Å²) in [5.41, 5.74) is 6.99. The Morgan fingerprint density at radius 2 is 1.71 bits per heavy atom. The average molecular weight is 369 g/mol. The highest BCUT2D eigenvalue weighted by atomic mass is 19.1. The van der Waals surface area contributed by atoms with Crippen LogP contribution in [-0.2, 0) is 0 Å². The van der Waals surface area contributed by atoms with Crippen molar-refractivity contribution in [2.45, 2.75) is 19.9 Å². The molecular formula is C24H20FN3. The highest BCUT2D eigenvalue weighted by molar-refractivity contribution is 5.85. The van der Waals surface area contributed by atoms with E-state index < -0.39 is 0 Å². The second kappa shape index (κ2) is 6.34. The molecule has 0 saturated carbocycles. The summed E-state index contributed by atoms with van der Waals surface area (Å²) in [5.74, 6) is 0.513. The predicted molar refractivity (Wildman–Crippen MR) is 112 cm³/mol. The zero-order valence-corrected chi connectivity index (χ0v) is 15.8. The molecule has 0 amide bonds. The Kier molecular flexibility index (Phi) is 3.79. The molecule has 0 radical (unpaired) electrons. The largest absolute Gasteiger partial charge is 0.325 e. The molecule has 0 spiro atoms. The van der Waals surface area contributed by atoms with Gasteiger partial charge in [-0.1, -0.05) is 42.5 Å². The molecule has 4 heteroatoms. The third-order valence-electron chi connectivity index (χ3n) is 5.49. The lowest BCUT2D eigenvalue weighted by Crippen LogP contribution is -2.20. The smallest absolute Gasteiger partial charge is 0.209 e. The molecule has 0 bridgehead atoms. The highest BCUT2D eigenvalue weighted by Crippen LogP contribution is 2.37. The first kappa shape index (κ1) is 16.8. The van der Waals surface area contributed by atoms with Gasteiger partial charge in [-0.15, -0.1) is 0 Å². The number of nitrogens with zero attached hydrogens (tertiary/aromatic N) is 2. The fraction of sp³-hybridized carbons (Fsp3) is 0.125. The highest BCUT2D eigenvalue weighted by Gasteiger charge is 2.26. The Labute approximate surface area is 163 Å². The normalized spacial score (nSPS) is 15.8. The number of para-hydroxylation sites is 2. The summed E-state index contributed by atoms with van der Waals surface area (Å²) >= 11 is 0. The van der Waals surface area contributed by atoms with Crippen LogP contribution in [0.1, 0.15) is 28.3 Å². The van der Waals surface area contributed by atoms with E-state index in [0.29, 0.717) is 5.56 Å². The van der Waals surface area contributed by atoms with Crippen molar-refractivity contribution >= 4 is 22.7 Å². The first-order chi connectivity index (χ1) is 13.6. The van der Waals surface area contributed by atoms with E-state index in [0.717, 1.165) is 28.2 Å². The lowest BCUT2D eigenvalue weighted by atomic mass is 9.98. The van der Waals surface area contributed by atoms with Crippen molar-refractivity contribution in [3.05, 3.63) is 101 Å². The molecule has 1 aliphatic heterocycles. The SMILES string of the molecule is Cc1ccc(C2=C[C@@H](c3ccccc3F)n3c(nc4ccccc43)N2)cc1C. The third-order valence-corrected chi connectivity index (χ3v) is 5.49. The Hall–Kier alpha value is -3.40. The molecule has 1 aromatic heterocycles. The minimum Gasteiger partial charge on any atom is -0.325 e. The van der Waals surface area contributed by atoms with E-state index in [1.165, 1.54) is 17.2 Å². The number of aromatic nitrogens is 2. The minimum absolute atomic E-state index is 0.214. The molecule has 1 atom stereocenters. The standard InChI is InChI=1S/C24H20FN3/c1-15-11-12-17(13-16(15)2)21-14-23(18-7-3-4-8-19(18)25)28-22-10-6-5-9-20(22)26-24(28)27-21/h3-14,23H,1-2H3,(H,26,27)/t23-/m0/s1. The maximum atomic E-state index is 14.7. The molecular weight excluding hydrogens is 349 g/mol. The topological polar surface area (TPSA) is 29.9 Å². The van der Waals surface area contributed by atoms with E-state index >= 15 is 0 Å². The predicted octanol–water partition coefficient (Wildman–Crippen LogP) is 5.85. The summed E-state index contributed by atoms with van der Waals surface area (Å²) in [6.45, 7) is 4.20. The average Bonchev–Trinajstić information content (AvgIpc) is 3.08. The second-order valence-electron chi connectivity index (χ2n) is 7.26. The van der Waals surface area contributed by atoms with E-state index in [2.05, 4.69) is 48.0 Å². The van der Waals surface area contributed by atoms with Gasteiger partial charge in [0.1, 0.15) is 5.82 Å². The van der Waals surface area contributed by atoms with Gasteiger partial charge in [0, 0.05) is 11.3 Å². The van der Waals surface area contributed by atoms with E-state index in [-0.39, 0.29) is 11.9 Å². The zero-order chi connectivity index (χ0) is 19.3. The van der Waals surface area contributed by atoms with Crippen LogP contribution in [-0.4, -0.2) is 9.55 Å². The summed E-state index contributed by atoms with van der Waals surface area (Å²) < 4.78 is 16.8. The van der Waals surface area contributed by atoms with Crippen LogP contribution in [0.3, 0.4) is 0 Å². The van der Waals surface area contributed by atoms with Crippen LogP contribution in [0.25, 0.3) is 16.7 Å². The molecule has 0 saturated heterocycles. The quantitative estimate of drug-likeness (QED) is 0.480. The first-order valence-corrected chi connectivity index (χ1v) is 9.40. The van der Waals surface area contributed by atoms with Gasteiger partial charge in [0.25, 0.3) is 0 Å². The van der Waals surface area contributed by atoms with Crippen LogP contribution in [0.2, 0.25) is 0 Å². The number of nitrogens with one attached hydrogen (secondary N) is 1. The van der Waals surface area contributed by atoms with E-state index in [9.17, 15) is 4.39 Å². The maximum Gasteiger partial charge on any atom is 0.209 e. The molecule has 0 unspecified atom stereocenters. The fourth-order valence-electron chi connectivity index (χ4n) is 3.83. The van der Waals surface area contributed by atoms with Crippen molar-refractivity contribution in [3.8, 4) is 0 Å². The monoisotopic (exact) mass is 369 g/mol. The number of aryl methyl sites for hydroxylation is 2. The van der Waals surface area contributed by atoms with E-state index in [1.54, 1.807) is 6.07 Å². The number of halogens is 1. The molecule has 2 heterocycles. The summed E-state index contributed by atoms with van der Waals surface area (Å²) in [4.78, 5) is 4.76. The zero-order valence-electron chi connectivity index (χ0n) is 15.8. The lowest BCUT2D eigenvalue weighted by molar-refractivity contribution is 0.583. The van der Waals surface area contributed by atoms with Crippen molar-refractivity contribution in [1.82, 2.24) is 9.55 Å². The van der Waals surface area contributed by atoms with Gasteiger partial charge < -0.3 is 5.32 Å². The van der Waals surface area contributed by atoms with Gasteiger partial charge in [0.05, 0.1) is 17.1 Å². The van der Waals surface area contributed by atoms with Gasteiger partial charge in [-0.3, -0.25) is 4.57 Å². The van der Waals surface area contributed by atoms with Crippen molar-refractivity contribution < 1.29 is 4.39 Å². The van der Waals surface area contributed by atoms with Gasteiger partial charge in [-0.05, 0) is 60.9 Å². The van der Waals surface area contributed by atoms with Gasteiger partial charge in [-0.25, -0.2) is 9.37 Å². The van der Waals surface area contributed by atoms with Gasteiger partial charge >= 0.3 is 0 Å². The van der Waals surface area contributed by atoms with E-state index in [1.807, 2.05) is 36.4 Å². The number of hydrogen-bond donors (Lipinski definition) is 1. The van der Waals surface area contributed by atoms with Gasteiger partial charge in [-0.2, -0.15) is 0 Å². The number of anilines is 1. The van der Waals surface area contributed by atoms with Gasteiger partial charge in [0.2, 0.25) is 5.95 Å². The fourth-order valence-corrected chi connectivity index (χ4v) is 3.83. The molecule has 138 valence electrons. The molecule has 3 aromatic carbocycles. The van der Waals surface area contributed by atoms with Crippen LogP contribution < -0.4 is 5.32 Å². The summed E-state index contributed by atoms with van der Waals surface area (Å²) in [6, 6.07) is 21.0. The van der Waals surface area contributed by atoms with E-state index in [4.69, 9.17) is 4.98 Å². The molecule has 0 fully saturated rings. The van der Waals surface area contributed by atoms with Crippen LogP contribution in [0, 0.1) is 19.7 Å². The van der Waals surface area contributed by atoms with Crippen molar-refractivity contribution in [3.63, 3.8) is 0 Å². The summed E-state index contributed by atoms with van der Waals surface area (Å²) in [6.07, 6.45) is 2.09. The number of hydrogen-bond acceptors (Lipinski definition) is 2. The van der Waals surface area contributed by atoms with Crippen molar-refractivity contribution in [2.24, 2.45) is 0 Å². The molecule has 1 N–H and O–H groups in total. The molecule has 5 rings (SSSR count). The number of benzene rings is 3. The Morgan fingerprint density at radius 3 is 2.54 bits per heavy atom. The maximum absolute atomic E-state index is 14.7. The lowest BCUT2D eigenvalue weighted by Gasteiger charge is -2.27. The van der Waals surface area contributed by atoms with Crippen LogP contribution >= 0.6 is 0 Å². The van der Waals surface area contributed by atoms with Crippen LogP contribution in [0.5, 0.6) is 0 Å². The summed E-state index contributed by atoms with van der Waals surface area (Å²) in [7, 11) is 0. The second-order valence-corrected chi connectivity index (χ2v) is 7.26. The molecule has 3 nitrogen and oxygen atoms in total.